The molecule has 0 saturated carbocycles. The maximum absolute atomic E-state index is 13.0. The molecule has 0 fully saturated rings. The van der Waals surface area contributed by atoms with Gasteiger partial charge in [-0.1, -0.05) is 52.0 Å². The first-order chi connectivity index (χ1) is 14.4. The monoisotopic (exact) mass is 504 g/mol. The number of nitrogens with one attached hydrogen (secondary N) is 1. The third-order valence-electron chi connectivity index (χ3n) is 4.46. The predicted octanol–water partition coefficient (Wildman–Crippen LogP) is 4.17. The number of halogens is 1. The van der Waals surface area contributed by atoms with Crippen LogP contribution < -0.4 is 9.62 Å². The molecule has 1 amide bonds. The Bertz CT molecular complexity index is 1230. The summed E-state index contributed by atoms with van der Waals surface area (Å²) in [6.45, 7) is 2.10. The normalized spacial score (nSPS) is 14.0. The average Bonchev–Trinajstić information content (AvgIpc) is 2.72. The fourth-order valence-electron chi connectivity index (χ4n) is 3.18. The number of amides is 1. The summed E-state index contributed by atoms with van der Waals surface area (Å²) < 4.78 is 28.2. The standard InChI is InChI=1S/C20H17BrN4O3S2/c1-2-25-16-9-4-3-8-15(16)19-17(30(25,27)28)11-22-20(24-19)29-12-18(26)23-14-7-5-6-13(21)10-14/h3-11H,2,12H2,1H3,(H,23,26). The number of hydrogen-bond acceptors (Lipinski definition) is 6. The summed E-state index contributed by atoms with van der Waals surface area (Å²) in [4.78, 5) is 21.0. The molecule has 0 atom stereocenters. The second-order valence-electron chi connectivity index (χ2n) is 6.40. The topological polar surface area (TPSA) is 92.3 Å². The third-order valence-corrected chi connectivity index (χ3v) is 7.70. The van der Waals surface area contributed by atoms with Gasteiger partial charge in [0.1, 0.15) is 4.90 Å². The Balaban J connectivity index is 1.58. The van der Waals surface area contributed by atoms with Gasteiger partial charge in [-0.3, -0.25) is 9.10 Å². The van der Waals surface area contributed by atoms with Crippen LogP contribution in [0.25, 0.3) is 11.3 Å². The van der Waals surface area contributed by atoms with Gasteiger partial charge in [0.15, 0.2) is 5.16 Å². The van der Waals surface area contributed by atoms with Gasteiger partial charge in [-0.15, -0.1) is 0 Å². The minimum Gasteiger partial charge on any atom is -0.325 e. The average molecular weight is 505 g/mol. The molecule has 2 aromatic carbocycles. The van der Waals surface area contributed by atoms with Crippen LogP contribution >= 0.6 is 27.7 Å². The molecule has 0 bridgehead atoms. The SMILES string of the molecule is CCN1c2ccccc2-c2nc(SCC(=O)Nc3cccc(Br)c3)ncc2S1(=O)=O. The number of nitrogens with zero attached hydrogens (tertiary/aromatic N) is 3. The van der Waals surface area contributed by atoms with Gasteiger partial charge in [0.05, 0.1) is 23.3 Å². The first kappa shape index (κ1) is 20.8. The number of fused-ring (bicyclic) bond motifs is 3. The van der Waals surface area contributed by atoms with Gasteiger partial charge >= 0.3 is 0 Å². The summed E-state index contributed by atoms with van der Waals surface area (Å²) in [6.07, 6.45) is 1.32. The lowest BCUT2D eigenvalue weighted by Crippen LogP contribution is -2.34. The molecule has 0 spiro atoms. The number of anilines is 2. The largest absolute Gasteiger partial charge is 0.325 e. The summed E-state index contributed by atoms with van der Waals surface area (Å²) in [5.74, 6) is -0.106. The molecule has 0 unspecified atom stereocenters. The van der Waals surface area contributed by atoms with Gasteiger partial charge < -0.3 is 5.32 Å². The Morgan fingerprint density at radius 1 is 1.20 bits per heavy atom. The molecule has 7 nitrogen and oxygen atoms in total. The summed E-state index contributed by atoms with van der Waals surface area (Å²) in [5, 5.41) is 3.15. The van der Waals surface area contributed by atoms with Crippen LogP contribution in [0, 0.1) is 0 Å². The Morgan fingerprint density at radius 2 is 2.00 bits per heavy atom. The highest BCUT2D eigenvalue weighted by Crippen LogP contribution is 2.41. The van der Waals surface area contributed by atoms with Crippen molar-refractivity contribution in [2.45, 2.75) is 17.0 Å². The van der Waals surface area contributed by atoms with Gasteiger partial charge in [-0.2, -0.15) is 0 Å². The van der Waals surface area contributed by atoms with Crippen molar-refractivity contribution in [1.82, 2.24) is 9.97 Å². The molecule has 154 valence electrons. The van der Waals surface area contributed by atoms with Gasteiger partial charge in [0, 0.05) is 22.3 Å². The molecule has 1 N–H and O–H groups in total. The Labute approximate surface area is 187 Å². The lowest BCUT2D eigenvalue weighted by Gasteiger charge is -2.30. The Morgan fingerprint density at radius 3 is 2.77 bits per heavy atom. The van der Waals surface area contributed by atoms with Crippen molar-refractivity contribution >= 4 is 55.0 Å². The predicted molar refractivity (Wildman–Crippen MR) is 121 cm³/mol. The summed E-state index contributed by atoms with van der Waals surface area (Å²) in [5.41, 5.74) is 2.36. The van der Waals surface area contributed by atoms with Crippen molar-refractivity contribution in [2.75, 3.05) is 21.9 Å². The highest BCUT2D eigenvalue weighted by molar-refractivity contribution is 9.10. The summed E-state index contributed by atoms with van der Waals surface area (Å²) >= 11 is 4.52. The van der Waals surface area contributed by atoms with Gasteiger partial charge in [0.2, 0.25) is 5.91 Å². The maximum Gasteiger partial charge on any atom is 0.268 e. The molecule has 1 aliphatic heterocycles. The van der Waals surface area contributed by atoms with E-state index in [4.69, 9.17) is 0 Å². The van der Waals surface area contributed by atoms with Gasteiger partial charge in [0.25, 0.3) is 10.0 Å². The van der Waals surface area contributed by atoms with E-state index < -0.39 is 10.0 Å². The lowest BCUT2D eigenvalue weighted by atomic mass is 10.1. The van der Waals surface area contributed by atoms with Gasteiger partial charge in [-0.05, 0) is 31.2 Å². The summed E-state index contributed by atoms with van der Waals surface area (Å²) in [7, 11) is -3.72. The fraction of sp³-hybridized carbons (Fsp3) is 0.150. The van der Waals surface area contributed by atoms with E-state index in [1.807, 2.05) is 24.3 Å². The number of thioether (sulfide) groups is 1. The molecular weight excluding hydrogens is 488 g/mol. The van der Waals surface area contributed by atoms with E-state index in [-0.39, 0.29) is 16.6 Å². The quantitative estimate of drug-likeness (QED) is 0.414. The minimum atomic E-state index is -3.72. The number of sulfonamides is 1. The Hall–Kier alpha value is -2.43. The molecular formula is C20H17BrN4O3S2. The number of para-hydroxylation sites is 1. The van der Waals surface area contributed by atoms with Crippen LogP contribution in [0.1, 0.15) is 6.92 Å². The number of aromatic nitrogens is 2. The number of carbonyl (C=O) groups excluding carboxylic acids is 1. The molecule has 30 heavy (non-hydrogen) atoms. The first-order valence-corrected chi connectivity index (χ1v) is 12.3. The van der Waals surface area contributed by atoms with Crippen molar-refractivity contribution in [1.29, 1.82) is 0 Å². The van der Waals surface area contributed by atoms with Crippen molar-refractivity contribution in [2.24, 2.45) is 0 Å². The highest BCUT2D eigenvalue weighted by Gasteiger charge is 2.35. The van der Waals surface area contributed by atoms with E-state index in [9.17, 15) is 13.2 Å². The van der Waals surface area contributed by atoms with Crippen LogP contribution in [-0.4, -0.2) is 36.6 Å². The zero-order chi connectivity index (χ0) is 21.3. The molecule has 2 heterocycles. The third kappa shape index (κ3) is 3.94. The van der Waals surface area contributed by atoms with E-state index in [1.54, 1.807) is 31.2 Å². The van der Waals surface area contributed by atoms with Crippen LogP contribution in [0.15, 0.2) is 69.3 Å². The van der Waals surface area contributed by atoms with E-state index in [2.05, 4.69) is 31.2 Å². The Kier molecular flexibility index (Phi) is 5.81. The van der Waals surface area contributed by atoms with Crippen LogP contribution in [-0.2, 0) is 14.8 Å². The van der Waals surface area contributed by atoms with Crippen molar-refractivity contribution < 1.29 is 13.2 Å². The van der Waals surface area contributed by atoms with E-state index in [0.29, 0.717) is 28.8 Å². The van der Waals surface area contributed by atoms with E-state index >= 15 is 0 Å². The zero-order valence-electron chi connectivity index (χ0n) is 15.9. The molecule has 0 saturated heterocycles. The van der Waals surface area contributed by atoms with Crippen molar-refractivity contribution in [3.05, 3.63) is 59.2 Å². The number of carbonyl (C=O) groups is 1. The van der Waals surface area contributed by atoms with E-state index in [0.717, 1.165) is 21.8 Å². The fourth-order valence-corrected chi connectivity index (χ4v) is 5.78. The zero-order valence-corrected chi connectivity index (χ0v) is 19.1. The molecule has 3 aromatic rings. The molecule has 10 heteroatoms. The second-order valence-corrected chi connectivity index (χ2v) is 10.1. The van der Waals surface area contributed by atoms with Crippen LogP contribution in [0.2, 0.25) is 0 Å². The number of hydrogen-bond donors (Lipinski definition) is 1. The first-order valence-electron chi connectivity index (χ1n) is 9.07. The van der Waals surface area contributed by atoms with Crippen LogP contribution in [0.4, 0.5) is 11.4 Å². The lowest BCUT2D eigenvalue weighted by molar-refractivity contribution is -0.113. The summed E-state index contributed by atoms with van der Waals surface area (Å²) in [6, 6.07) is 14.5. The van der Waals surface area contributed by atoms with Gasteiger partial charge in [-0.25, -0.2) is 18.4 Å². The van der Waals surface area contributed by atoms with Crippen LogP contribution in [0.5, 0.6) is 0 Å². The smallest absolute Gasteiger partial charge is 0.268 e. The van der Waals surface area contributed by atoms with Crippen LogP contribution in [0.3, 0.4) is 0 Å². The van der Waals surface area contributed by atoms with Crippen molar-refractivity contribution in [3.63, 3.8) is 0 Å². The molecule has 0 radical (unpaired) electrons. The number of rotatable bonds is 5. The second kappa shape index (κ2) is 8.37. The minimum absolute atomic E-state index is 0.0750. The molecule has 1 aliphatic rings. The molecule has 1 aromatic heterocycles. The van der Waals surface area contributed by atoms with Crippen molar-refractivity contribution in [3.8, 4) is 11.3 Å². The molecule has 4 rings (SSSR count). The van der Waals surface area contributed by atoms with E-state index in [1.165, 1.54) is 10.5 Å². The maximum atomic E-state index is 13.0. The highest BCUT2D eigenvalue weighted by atomic mass is 79.9. The molecule has 0 aliphatic carbocycles. The number of benzene rings is 2.